The molecular formula is C18H18FNO. The van der Waals surface area contributed by atoms with Crippen LogP contribution in [0.2, 0.25) is 0 Å². The highest BCUT2D eigenvalue weighted by Crippen LogP contribution is 2.19. The molecule has 0 atom stereocenters. The van der Waals surface area contributed by atoms with E-state index in [1.54, 1.807) is 12.1 Å². The first kappa shape index (κ1) is 15.1. The molecule has 0 spiro atoms. The van der Waals surface area contributed by atoms with E-state index < -0.39 is 5.82 Å². The van der Waals surface area contributed by atoms with Crippen molar-refractivity contribution in [2.75, 3.05) is 6.54 Å². The zero-order valence-electron chi connectivity index (χ0n) is 12.2. The largest absolute Gasteiger partial charge is 0.489 e. The Morgan fingerprint density at radius 2 is 1.95 bits per heavy atom. The molecule has 0 heterocycles. The number of rotatable bonds is 3. The minimum absolute atomic E-state index is 0.213. The molecule has 0 amide bonds. The Kier molecular flexibility index (Phi) is 4.97. The van der Waals surface area contributed by atoms with Crippen LogP contribution in [0.1, 0.15) is 22.3 Å². The van der Waals surface area contributed by atoms with Gasteiger partial charge >= 0.3 is 0 Å². The summed E-state index contributed by atoms with van der Waals surface area (Å²) >= 11 is 0. The summed E-state index contributed by atoms with van der Waals surface area (Å²) in [7, 11) is 0. The van der Waals surface area contributed by atoms with E-state index in [2.05, 4.69) is 30.0 Å². The molecule has 3 heteroatoms. The summed E-state index contributed by atoms with van der Waals surface area (Å²) in [6, 6.07) is 10.9. The molecule has 0 saturated heterocycles. The first-order valence-corrected chi connectivity index (χ1v) is 6.77. The van der Waals surface area contributed by atoms with Crippen LogP contribution in [-0.4, -0.2) is 6.54 Å². The van der Waals surface area contributed by atoms with Crippen LogP contribution in [0, 0.1) is 31.5 Å². The highest BCUT2D eigenvalue weighted by atomic mass is 19.1. The van der Waals surface area contributed by atoms with Gasteiger partial charge in [-0.15, -0.1) is 0 Å². The van der Waals surface area contributed by atoms with E-state index in [-0.39, 0.29) is 6.54 Å². The summed E-state index contributed by atoms with van der Waals surface area (Å²) < 4.78 is 19.5. The third-order valence-corrected chi connectivity index (χ3v) is 3.16. The highest BCUT2D eigenvalue weighted by molar-refractivity contribution is 5.40. The smallest absolute Gasteiger partial charge is 0.142 e. The van der Waals surface area contributed by atoms with Crippen LogP contribution >= 0.6 is 0 Å². The fraction of sp³-hybridized carbons (Fsp3) is 0.222. The molecule has 2 rings (SSSR count). The van der Waals surface area contributed by atoms with E-state index in [0.717, 1.165) is 11.1 Å². The van der Waals surface area contributed by atoms with Crippen molar-refractivity contribution in [1.82, 2.24) is 0 Å². The summed E-state index contributed by atoms with van der Waals surface area (Å²) in [5, 5.41) is 0. The van der Waals surface area contributed by atoms with E-state index in [0.29, 0.717) is 17.9 Å². The van der Waals surface area contributed by atoms with Gasteiger partial charge in [0.15, 0.2) is 0 Å². The van der Waals surface area contributed by atoms with E-state index in [1.165, 1.54) is 11.6 Å². The molecular weight excluding hydrogens is 265 g/mol. The number of halogens is 1. The van der Waals surface area contributed by atoms with Crippen molar-refractivity contribution in [1.29, 1.82) is 0 Å². The van der Waals surface area contributed by atoms with Gasteiger partial charge < -0.3 is 10.5 Å². The third kappa shape index (κ3) is 4.08. The topological polar surface area (TPSA) is 35.2 Å². The lowest BCUT2D eigenvalue weighted by Gasteiger charge is -2.10. The number of hydrogen-bond acceptors (Lipinski definition) is 2. The van der Waals surface area contributed by atoms with Gasteiger partial charge in [-0.25, -0.2) is 4.39 Å². The lowest BCUT2D eigenvalue weighted by Crippen LogP contribution is -1.99. The summed E-state index contributed by atoms with van der Waals surface area (Å²) in [5.74, 6) is 5.42. The van der Waals surface area contributed by atoms with Gasteiger partial charge in [-0.2, -0.15) is 0 Å². The second-order valence-corrected chi connectivity index (χ2v) is 4.87. The van der Waals surface area contributed by atoms with Crippen LogP contribution in [-0.2, 0) is 6.61 Å². The van der Waals surface area contributed by atoms with Gasteiger partial charge in [-0.3, -0.25) is 0 Å². The minimum atomic E-state index is -0.394. The van der Waals surface area contributed by atoms with Gasteiger partial charge in [0.05, 0.1) is 12.1 Å². The SMILES string of the molecule is Cc1ccc(C)c(COc2ccc(C#CCN)c(F)c2)c1. The van der Waals surface area contributed by atoms with Gasteiger partial charge in [-0.1, -0.05) is 35.6 Å². The van der Waals surface area contributed by atoms with Gasteiger partial charge in [0.1, 0.15) is 18.2 Å². The fourth-order valence-corrected chi connectivity index (χ4v) is 1.95. The van der Waals surface area contributed by atoms with Crippen molar-refractivity contribution in [3.63, 3.8) is 0 Å². The molecule has 0 fully saturated rings. The molecule has 2 N–H and O–H groups in total. The molecule has 2 nitrogen and oxygen atoms in total. The van der Waals surface area contributed by atoms with Crippen molar-refractivity contribution in [2.45, 2.75) is 20.5 Å². The van der Waals surface area contributed by atoms with Crippen molar-refractivity contribution in [3.05, 3.63) is 64.5 Å². The van der Waals surface area contributed by atoms with Crippen molar-refractivity contribution in [2.24, 2.45) is 5.73 Å². The van der Waals surface area contributed by atoms with Crippen LogP contribution in [0.15, 0.2) is 36.4 Å². The number of benzene rings is 2. The maximum atomic E-state index is 13.8. The molecule has 21 heavy (non-hydrogen) atoms. The Bertz CT molecular complexity index is 698. The average Bonchev–Trinajstić information content (AvgIpc) is 2.47. The highest BCUT2D eigenvalue weighted by Gasteiger charge is 2.04. The van der Waals surface area contributed by atoms with Crippen LogP contribution in [0.5, 0.6) is 5.75 Å². The van der Waals surface area contributed by atoms with E-state index >= 15 is 0 Å². The quantitative estimate of drug-likeness (QED) is 0.877. The molecule has 2 aromatic rings. The summed E-state index contributed by atoms with van der Waals surface area (Å²) in [5.41, 5.74) is 9.04. The molecule has 2 aromatic carbocycles. The average molecular weight is 283 g/mol. The fourth-order valence-electron chi connectivity index (χ4n) is 1.95. The Hall–Kier alpha value is -2.31. The van der Waals surface area contributed by atoms with Gasteiger partial charge in [0, 0.05) is 6.07 Å². The number of hydrogen-bond donors (Lipinski definition) is 1. The first-order valence-electron chi connectivity index (χ1n) is 6.77. The van der Waals surface area contributed by atoms with Crippen LogP contribution in [0.25, 0.3) is 0 Å². The van der Waals surface area contributed by atoms with Crippen molar-refractivity contribution < 1.29 is 9.13 Å². The standard InChI is InChI=1S/C18H18FNO/c1-13-5-6-14(2)16(10-13)12-21-17-8-7-15(4-3-9-20)18(19)11-17/h5-8,10-11H,9,12,20H2,1-2H3. The second kappa shape index (κ2) is 6.92. The molecule has 0 radical (unpaired) electrons. The molecule has 0 aromatic heterocycles. The maximum Gasteiger partial charge on any atom is 0.142 e. The van der Waals surface area contributed by atoms with E-state index in [1.807, 2.05) is 13.8 Å². The molecule has 0 aliphatic rings. The zero-order chi connectivity index (χ0) is 15.2. The van der Waals surface area contributed by atoms with Gasteiger partial charge in [0.25, 0.3) is 0 Å². The monoisotopic (exact) mass is 283 g/mol. The Balaban J connectivity index is 2.10. The summed E-state index contributed by atoms with van der Waals surface area (Å²) in [6.07, 6.45) is 0. The first-order chi connectivity index (χ1) is 10.1. The maximum absolute atomic E-state index is 13.8. The second-order valence-electron chi connectivity index (χ2n) is 4.87. The predicted molar refractivity (Wildman–Crippen MR) is 82.6 cm³/mol. The lowest BCUT2D eigenvalue weighted by atomic mass is 10.1. The number of aryl methyl sites for hydroxylation is 2. The third-order valence-electron chi connectivity index (χ3n) is 3.16. The van der Waals surface area contributed by atoms with Crippen LogP contribution < -0.4 is 10.5 Å². The van der Waals surface area contributed by atoms with Crippen molar-refractivity contribution >= 4 is 0 Å². The van der Waals surface area contributed by atoms with Gasteiger partial charge in [-0.05, 0) is 37.1 Å². The van der Waals surface area contributed by atoms with Crippen LogP contribution in [0.4, 0.5) is 4.39 Å². The Morgan fingerprint density at radius 3 is 2.67 bits per heavy atom. The minimum Gasteiger partial charge on any atom is -0.489 e. The molecule has 0 unspecified atom stereocenters. The Morgan fingerprint density at radius 1 is 1.14 bits per heavy atom. The molecule has 108 valence electrons. The summed E-state index contributed by atoms with van der Waals surface area (Å²) in [4.78, 5) is 0. The Labute approximate surface area is 124 Å². The number of ether oxygens (including phenoxy) is 1. The van der Waals surface area contributed by atoms with E-state index in [4.69, 9.17) is 10.5 Å². The summed E-state index contributed by atoms with van der Waals surface area (Å²) in [6.45, 7) is 4.70. The predicted octanol–water partition coefficient (Wildman–Crippen LogP) is 3.33. The normalized spacial score (nSPS) is 9.90. The van der Waals surface area contributed by atoms with E-state index in [9.17, 15) is 4.39 Å². The zero-order valence-corrected chi connectivity index (χ0v) is 12.2. The number of nitrogens with two attached hydrogens (primary N) is 1. The molecule has 0 saturated carbocycles. The molecule has 0 aliphatic carbocycles. The lowest BCUT2D eigenvalue weighted by molar-refractivity contribution is 0.303. The molecule has 0 aliphatic heterocycles. The molecule has 0 bridgehead atoms. The van der Waals surface area contributed by atoms with Gasteiger partial charge in [0.2, 0.25) is 0 Å². The van der Waals surface area contributed by atoms with Crippen molar-refractivity contribution in [3.8, 4) is 17.6 Å². The van der Waals surface area contributed by atoms with Crippen LogP contribution in [0.3, 0.4) is 0 Å².